The van der Waals surface area contributed by atoms with Gasteiger partial charge in [0.1, 0.15) is 30.8 Å². The standard InChI is InChI=1S/C76H113ClN12O17S/c1-15-49(8)67(59(104-13)43-62(91)88-39-23-27-58(88)68(105-14)50(9)69(93)82-57(74(98)99)42-52-24-18-16-19-25-52)87(12)73(97)65(47(4)5)84-72(96)66(48(6)7)85(10)41-37-51-31-35-55(36-32-51)86(11)76(101)106-45-53-29-33-54(34-30-53)80-70(94)56(26-22-38-79-75(78)100)81-71(95)64(46(2)3)83-61(90)28-20-17-21-40-89-63(92)44-60(77)107(89,102)103/h16,18-19,24-25,29-36,44,46-50,56-59,64-68H,15,17,20-23,26-28,37-43,45H2,1-14H3,(H,80,94)(H,81,95)(H,82,93)(H,83,90)(H,84,96)(H,98,99)(H3,78,79,100)/t49-,50+,56-,57-,58-,59+,64-,65-,66-,67-,68+/m0/s1. The van der Waals surface area contributed by atoms with Gasteiger partial charge in [0.15, 0.2) is 4.36 Å². The molecule has 31 heteroatoms. The number of rotatable bonds is 43. The highest BCUT2D eigenvalue weighted by molar-refractivity contribution is 7.95. The number of hydrogen-bond acceptors (Lipinski definition) is 17. The van der Waals surface area contributed by atoms with Gasteiger partial charge in [-0.3, -0.25) is 48.2 Å². The molecule has 11 amide bonds. The maximum Gasteiger partial charge on any atom is 0.414 e. The van der Waals surface area contributed by atoms with E-state index in [4.69, 9.17) is 31.5 Å². The first-order valence-corrected chi connectivity index (χ1v) is 38.5. The van der Waals surface area contributed by atoms with Crippen molar-refractivity contribution < 1.29 is 80.5 Å². The van der Waals surface area contributed by atoms with Crippen molar-refractivity contribution in [2.75, 3.05) is 71.8 Å². The van der Waals surface area contributed by atoms with Crippen LogP contribution in [-0.4, -0.2) is 214 Å². The fourth-order valence-electron chi connectivity index (χ4n) is 13.5. The fraction of sp³-hybridized carbons (Fsp3) is 0.592. The predicted octanol–water partition coefficient (Wildman–Crippen LogP) is 6.66. The lowest BCUT2D eigenvalue weighted by molar-refractivity contribution is -0.148. The number of likely N-dealkylation sites (tertiary alicyclic amines) is 1. The number of unbranched alkanes of at least 4 members (excludes halogenated alkanes) is 2. The molecule has 3 aromatic rings. The zero-order chi connectivity index (χ0) is 79.6. The normalized spacial score (nSPS) is 17.0. The molecule has 0 bridgehead atoms. The van der Waals surface area contributed by atoms with Gasteiger partial charge >= 0.3 is 18.1 Å². The van der Waals surface area contributed by atoms with Crippen molar-refractivity contribution >= 4 is 98.4 Å². The molecule has 2 aliphatic rings. The Kier molecular flexibility index (Phi) is 35.5. The number of primary amides is 1. The summed E-state index contributed by atoms with van der Waals surface area (Å²) in [7, 11) is 4.05. The number of carboxylic acid groups (broad SMARTS) is 1. The predicted molar refractivity (Wildman–Crippen MR) is 406 cm³/mol. The number of nitrogens with two attached hydrogens (primary N) is 1. The Morgan fingerprint density at radius 2 is 1.36 bits per heavy atom. The van der Waals surface area contributed by atoms with Crippen LogP contribution in [0.15, 0.2) is 89.3 Å². The van der Waals surface area contributed by atoms with Crippen LogP contribution in [0.25, 0.3) is 0 Å². The van der Waals surface area contributed by atoms with Gasteiger partial charge in [-0.1, -0.05) is 141 Å². The van der Waals surface area contributed by atoms with Crippen molar-refractivity contribution in [1.82, 2.24) is 45.6 Å². The van der Waals surface area contributed by atoms with E-state index < -0.39 is 128 Å². The smallest absolute Gasteiger partial charge is 0.414 e. The van der Waals surface area contributed by atoms with Gasteiger partial charge in [-0.05, 0) is 117 Å². The second-order valence-electron chi connectivity index (χ2n) is 28.8. The Morgan fingerprint density at radius 1 is 0.720 bits per heavy atom. The number of methoxy groups -OCH3 is 2. The van der Waals surface area contributed by atoms with E-state index in [0.717, 1.165) is 17.2 Å². The highest BCUT2D eigenvalue weighted by Crippen LogP contribution is 2.31. The molecule has 1 saturated heterocycles. The van der Waals surface area contributed by atoms with Gasteiger partial charge in [0.25, 0.3) is 15.9 Å². The molecule has 5 rings (SSSR count). The van der Waals surface area contributed by atoms with Gasteiger partial charge in [-0.2, -0.15) is 0 Å². The number of halogens is 1. The lowest BCUT2D eigenvalue weighted by Gasteiger charge is -2.41. The van der Waals surface area contributed by atoms with Gasteiger partial charge in [0.05, 0.1) is 42.7 Å². The summed E-state index contributed by atoms with van der Waals surface area (Å²) in [6.07, 6.45) is 2.39. The molecule has 2 heterocycles. The van der Waals surface area contributed by atoms with Crippen LogP contribution in [0, 0.1) is 29.6 Å². The van der Waals surface area contributed by atoms with Gasteiger partial charge < -0.3 is 66.8 Å². The van der Waals surface area contributed by atoms with E-state index >= 15 is 0 Å². The number of carboxylic acids is 1. The molecule has 107 heavy (non-hydrogen) atoms. The number of anilines is 2. The molecule has 1 fully saturated rings. The van der Waals surface area contributed by atoms with E-state index in [1.54, 1.807) is 105 Å². The number of ether oxygens (including phenoxy) is 3. The molecular formula is C76H113ClN12O17S. The largest absolute Gasteiger partial charge is 0.480 e. The van der Waals surface area contributed by atoms with Crippen molar-refractivity contribution in [2.45, 2.75) is 200 Å². The minimum Gasteiger partial charge on any atom is -0.480 e. The highest BCUT2D eigenvalue weighted by atomic mass is 35.5. The average Bonchev–Trinajstić information content (AvgIpc) is 1.75. The summed E-state index contributed by atoms with van der Waals surface area (Å²) in [5.74, 6) is -6.87. The van der Waals surface area contributed by atoms with Crippen molar-refractivity contribution in [1.29, 1.82) is 0 Å². The molecule has 0 aromatic heterocycles. The van der Waals surface area contributed by atoms with Crippen molar-refractivity contribution in [3.8, 4) is 0 Å². The van der Waals surface area contributed by atoms with Crippen LogP contribution >= 0.6 is 11.6 Å². The number of amides is 11. The minimum atomic E-state index is -4.05. The fourth-order valence-corrected chi connectivity index (χ4v) is 14.9. The molecule has 2 aliphatic heterocycles. The molecule has 0 radical (unpaired) electrons. The third-order valence-electron chi connectivity index (χ3n) is 19.8. The van der Waals surface area contributed by atoms with E-state index in [9.17, 15) is 66.3 Å². The van der Waals surface area contributed by atoms with E-state index in [-0.39, 0.29) is 93.7 Å². The summed E-state index contributed by atoms with van der Waals surface area (Å²) < 4.78 is 42.3. The summed E-state index contributed by atoms with van der Waals surface area (Å²) in [5, 5.41) is 26.5. The summed E-state index contributed by atoms with van der Waals surface area (Å²) in [4.78, 5) is 154. The summed E-state index contributed by atoms with van der Waals surface area (Å²) in [6, 6.07) is 16.1. The summed E-state index contributed by atoms with van der Waals surface area (Å²) in [5.41, 5.74) is 8.43. The van der Waals surface area contributed by atoms with E-state index in [2.05, 4.69) is 31.9 Å². The van der Waals surface area contributed by atoms with E-state index in [1.165, 1.54) is 19.1 Å². The van der Waals surface area contributed by atoms with Gasteiger partial charge in [-0.15, -0.1) is 0 Å². The Morgan fingerprint density at radius 3 is 1.93 bits per heavy atom. The number of aliphatic carboxylic acids is 1. The average molecular weight is 1530 g/mol. The topological polar surface area (TPSA) is 384 Å². The number of urea groups is 1. The zero-order valence-electron chi connectivity index (χ0n) is 64.3. The molecule has 9 N–H and O–H groups in total. The number of sulfonamides is 1. The molecular weight excluding hydrogens is 1420 g/mol. The number of carbonyl (C=O) groups is 11. The lowest BCUT2D eigenvalue weighted by Crippen LogP contribution is -2.60. The van der Waals surface area contributed by atoms with Crippen LogP contribution in [0.4, 0.5) is 21.0 Å². The monoisotopic (exact) mass is 1530 g/mol. The van der Waals surface area contributed by atoms with Gasteiger partial charge in [0.2, 0.25) is 41.4 Å². The van der Waals surface area contributed by atoms with Crippen LogP contribution in [0.2, 0.25) is 0 Å². The third kappa shape index (κ3) is 26.0. The summed E-state index contributed by atoms with van der Waals surface area (Å²) in [6.45, 7) is 17.5. The maximum absolute atomic E-state index is 14.9. The first-order chi connectivity index (χ1) is 50.6. The first-order valence-electron chi connectivity index (χ1n) is 36.7. The minimum absolute atomic E-state index is 0.000198. The van der Waals surface area contributed by atoms with Gasteiger partial charge in [-0.25, -0.2) is 27.1 Å². The van der Waals surface area contributed by atoms with Crippen molar-refractivity contribution in [2.24, 2.45) is 35.3 Å². The number of carbonyl (C=O) groups excluding carboxylic acids is 10. The Hall–Kier alpha value is -8.71. The lowest BCUT2D eigenvalue weighted by atomic mass is 9.89. The SMILES string of the molecule is CC[C@H](C)[C@@H]([C@@H](CC(=O)N1CCC[C@H]1[C@H](OC)[C@@H](C)C(=O)N[C@@H](Cc1ccccc1)C(=O)O)OC)N(C)C(=O)[C@@H](NC(=O)[C@H](C(C)C)N(C)CCc1ccc(N(C)C(=O)OCc2ccc(NC(=O)[C@H](CCCNC(N)=O)NC(=O)[C@@H](NC(=O)CCCCCN3C(=O)C=C(Cl)S3(=O)=O)C(C)C)cc2)cc1)C(C)C. The third-order valence-corrected chi connectivity index (χ3v) is 22.1. The van der Waals surface area contributed by atoms with Crippen molar-refractivity contribution in [3.05, 3.63) is 106 Å². The quantitative estimate of drug-likeness (QED) is 0.0275. The van der Waals surface area contributed by atoms with Crippen LogP contribution in [-0.2, 0) is 86.8 Å². The molecule has 3 aromatic carbocycles. The molecule has 0 spiro atoms. The molecule has 29 nitrogen and oxygen atoms in total. The Labute approximate surface area is 634 Å². The van der Waals surface area contributed by atoms with E-state index in [0.29, 0.717) is 72.9 Å². The second kappa shape index (κ2) is 42.7. The maximum atomic E-state index is 14.9. The van der Waals surface area contributed by atoms with Crippen LogP contribution in [0.3, 0.4) is 0 Å². The zero-order valence-corrected chi connectivity index (χ0v) is 65.8. The van der Waals surface area contributed by atoms with Crippen LogP contribution in [0.1, 0.15) is 143 Å². The van der Waals surface area contributed by atoms with Crippen molar-refractivity contribution in [3.63, 3.8) is 0 Å². The van der Waals surface area contributed by atoms with Crippen LogP contribution in [0.5, 0.6) is 0 Å². The Bertz CT molecular complexity index is 3640. The molecule has 592 valence electrons. The van der Waals surface area contributed by atoms with E-state index in [1.807, 2.05) is 71.7 Å². The van der Waals surface area contributed by atoms with Gasteiger partial charge in [0, 0.05) is 84.8 Å². The number of likely N-dealkylation sites (N-methyl/N-ethyl adjacent to an activating group) is 2. The number of nitrogens with one attached hydrogen (secondary N) is 6. The molecule has 0 unspecified atom stereocenters. The number of hydrogen-bond donors (Lipinski definition) is 8. The first kappa shape index (κ1) is 88.9. The number of nitrogens with zero attached hydrogens (tertiary/aromatic N) is 5. The molecule has 0 aliphatic carbocycles. The highest BCUT2D eigenvalue weighted by Gasteiger charge is 2.44. The Balaban J connectivity index is 1.13. The molecule has 0 saturated carbocycles. The van der Waals surface area contributed by atoms with Crippen LogP contribution < -0.4 is 42.5 Å². The number of benzene rings is 3. The second-order valence-corrected chi connectivity index (χ2v) is 31.2. The summed E-state index contributed by atoms with van der Waals surface area (Å²) >= 11 is 5.68. The molecule has 11 atom stereocenters.